The van der Waals surface area contributed by atoms with E-state index < -0.39 is 0 Å². The number of Topliss-reactive ketones (excluding diaryl/α,β-unsaturated/α-hetero) is 1. The van der Waals surface area contributed by atoms with Gasteiger partial charge in [-0.15, -0.1) is 16.8 Å². The van der Waals surface area contributed by atoms with Gasteiger partial charge in [0.05, 0.1) is 30.1 Å². The molecule has 3 heterocycles. The van der Waals surface area contributed by atoms with E-state index >= 15 is 0 Å². The quantitative estimate of drug-likeness (QED) is 0.213. The van der Waals surface area contributed by atoms with E-state index in [9.17, 15) is 4.79 Å². The van der Waals surface area contributed by atoms with Gasteiger partial charge in [0.1, 0.15) is 5.76 Å². The lowest BCUT2D eigenvalue weighted by atomic mass is 10.1. The first-order valence-electron chi connectivity index (χ1n) is 9.83. The molecule has 0 aliphatic carbocycles. The maximum atomic E-state index is 13.1. The molecule has 0 fully saturated rings. The van der Waals surface area contributed by atoms with Gasteiger partial charge in [-0.2, -0.15) is 5.26 Å². The van der Waals surface area contributed by atoms with Gasteiger partial charge in [-0.3, -0.25) is 9.36 Å². The molecule has 0 atom stereocenters. The third-order valence-electron chi connectivity index (χ3n) is 5.01. The van der Waals surface area contributed by atoms with Crippen molar-refractivity contribution in [3.63, 3.8) is 0 Å². The van der Waals surface area contributed by atoms with Crippen LogP contribution in [-0.4, -0.2) is 30.9 Å². The predicted molar refractivity (Wildman–Crippen MR) is 120 cm³/mol. The lowest BCUT2D eigenvalue weighted by molar-refractivity contribution is 0.102. The van der Waals surface area contributed by atoms with Crippen LogP contribution in [0.2, 0.25) is 0 Å². The molecule has 0 amide bonds. The van der Waals surface area contributed by atoms with Gasteiger partial charge in [0.15, 0.2) is 16.8 Å². The summed E-state index contributed by atoms with van der Waals surface area (Å²) in [6.07, 6.45) is 5.63. The largest absolute Gasteiger partial charge is 0.469 e. The van der Waals surface area contributed by atoms with Crippen molar-refractivity contribution in [2.45, 2.75) is 31.6 Å². The summed E-state index contributed by atoms with van der Waals surface area (Å²) in [5.74, 6) is 1.68. The number of thioether (sulfide) groups is 1. The molecule has 3 aromatic heterocycles. The predicted octanol–water partition coefficient (Wildman–Crippen LogP) is 4.88. The lowest BCUT2D eigenvalue weighted by Crippen LogP contribution is -2.05. The molecule has 31 heavy (non-hydrogen) atoms. The number of aromatic nitrogens is 4. The van der Waals surface area contributed by atoms with Crippen molar-refractivity contribution in [2.75, 3.05) is 5.75 Å². The van der Waals surface area contributed by atoms with E-state index in [0.29, 0.717) is 36.1 Å². The molecule has 0 saturated heterocycles. The molecule has 0 aliphatic rings. The number of rotatable bonds is 9. The van der Waals surface area contributed by atoms with Crippen LogP contribution in [0.15, 0.2) is 65.0 Å². The maximum absolute atomic E-state index is 13.1. The Bertz CT molecular complexity index is 1290. The van der Waals surface area contributed by atoms with Crippen LogP contribution >= 0.6 is 11.8 Å². The minimum Gasteiger partial charge on any atom is -0.469 e. The second kappa shape index (κ2) is 9.06. The normalized spacial score (nSPS) is 11.0. The fourth-order valence-corrected chi connectivity index (χ4v) is 4.37. The molecule has 7 nitrogen and oxygen atoms in total. The summed E-state index contributed by atoms with van der Waals surface area (Å²) in [5.41, 5.74) is 2.48. The molecule has 0 saturated carbocycles. The molecule has 0 N–H and O–H groups in total. The number of nitriles is 1. The number of hydrogen-bond donors (Lipinski definition) is 0. The van der Waals surface area contributed by atoms with Crippen LogP contribution in [-0.2, 0) is 13.1 Å². The summed E-state index contributed by atoms with van der Waals surface area (Å²) in [7, 11) is 0. The molecule has 156 valence electrons. The number of carbonyl (C=O) groups excluding carboxylic acids is 1. The molecule has 8 heteroatoms. The number of hydrogen-bond acceptors (Lipinski definition) is 6. The first kappa shape index (κ1) is 20.7. The molecule has 0 spiro atoms. The van der Waals surface area contributed by atoms with Gasteiger partial charge in [-0.25, -0.2) is 0 Å². The Kier molecular flexibility index (Phi) is 6.05. The van der Waals surface area contributed by atoms with E-state index in [1.165, 1.54) is 11.8 Å². The van der Waals surface area contributed by atoms with E-state index in [1.807, 2.05) is 52.6 Å². The molecule has 0 bridgehead atoms. The number of furan rings is 1. The number of ketones is 1. The minimum absolute atomic E-state index is 0.00565. The number of carbonyl (C=O) groups is 1. The van der Waals surface area contributed by atoms with Crippen LogP contribution in [0.5, 0.6) is 0 Å². The lowest BCUT2D eigenvalue weighted by Gasteiger charge is -2.06. The zero-order chi connectivity index (χ0) is 21.8. The zero-order valence-electron chi connectivity index (χ0n) is 17.1. The first-order valence-corrected chi connectivity index (χ1v) is 10.8. The number of nitrogens with zero attached hydrogens (tertiary/aromatic N) is 5. The van der Waals surface area contributed by atoms with Gasteiger partial charge in [0.25, 0.3) is 0 Å². The molecular formula is C23H21N5O2S. The Hall–Kier alpha value is -3.57. The fraction of sp³-hybridized carbons (Fsp3) is 0.217. The van der Waals surface area contributed by atoms with Crippen molar-refractivity contribution in [1.82, 2.24) is 19.3 Å². The molecule has 1 aromatic carbocycles. The molecule has 0 radical (unpaired) electrons. The topological polar surface area (TPSA) is 89.6 Å². The van der Waals surface area contributed by atoms with E-state index in [0.717, 1.165) is 22.2 Å². The number of benzene rings is 1. The smallest absolute Gasteiger partial charge is 0.192 e. The van der Waals surface area contributed by atoms with E-state index in [1.54, 1.807) is 12.3 Å². The monoisotopic (exact) mass is 431 g/mol. The SMILES string of the molecule is C=CCn1c(SCC(=O)c2cn(CCC#N)c3ccccc23)nnc1-c1ccoc1C. The van der Waals surface area contributed by atoms with Crippen molar-refractivity contribution in [3.8, 4) is 17.5 Å². The second-order valence-corrected chi connectivity index (χ2v) is 7.91. The average molecular weight is 432 g/mol. The standard InChI is InChI=1S/C23H21N5O2S/c1-3-11-28-22(17-9-13-30-16(17)2)25-26-23(28)31-15-21(29)19-14-27(12-6-10-24)20-8-5-4-7-18(19)20/h3-5,7-9,13-14H,1,6,11-12,15H2,2H3. The molecule has 0 aliphatic heterocycles. The number of para-hydroxylation sites is 1. The Morgan fingerprint density at radius 2 is 2.16 bits per heavy atom. The summed E-state index contributed by atoms with van der Waals surface area (Å²) >= 11 is 1.35. The zero-order valence-corrected chi connectivity index (χ0v) is 17.9. The minimum atomic E-state index is 0.00565. The van der Waals surface area contributed by atoms with Gasteiger partial charge >= 0.3 is 0 Å². The molecule has 4 rings (SSSR count). The van der Waals surface area contributed by atoms with Crippen molar-refractivity contribution in [1.29, 1.82) is 5.26 Å². The third kappa shape index (κ3) is 4.05. The Morgan fingerprint density at radius 3 is 2.90 bits per heavy atom. The second-order valence-electron chi connectivity index (χ2n) is 6.97. The fourth-order valence-electron chi connectivity index (χ4n) is 3.54. The summed E-state index contributed by atoms with van der Waals surface area (Å²) in [6.45, 7) is 6.78. The van der Waals surface area contributed by atoms with Crippen LogP contribution in [0.1, 0.15) is 22.5 Å². The van der Waals surface area contributed by atoms with Gasteiger partial charge in [-0.1, -0.05) is 36.0 Å². The highest BCUT2D eigenvalue weighted by molar-refractivity contribution is 7.99. The third-order valence-corrected chi connectivity index (χ3v) is 5.98. The van der Waals surface area contributed by atoms with Crippen molar-refractivity contribution < 1.29 is 9.21 Å². The summed E-state index contributed by atoms with van der Waals surface area (Å²) in [6, 6.07) is 11.8. The highest BCUT2D eigenvalue weighted by Gasteiger charge is 2.20. The van der Waals surface area contributed by atoms with Crippen molar-refractivity contribution >= 4 is 28.4 Å². The number of fused-ring (bicyclic) bond motifs is 1. The highest BCUT2D eigenvalue weighted by Crippen LogP contribution is 2.29. The van der Waals surface area contributed by atoms with Gasteiger partial charge in [-0.05, 0) is 19.1 Å². The van der Waals surface area contributed by atoms with Crippen LogP contribution in [0.25, 0.3) is 22.3 Å². The van der Waals surface area contributed by atoms with Crippen molar-refractivity contribution in [2.24, 2.45) is 0 Å². The van der Waals surface area contributed by atoms with Crippen molar-refractivity contribution in [3.05, 3.63) is 66.8 Å². The maximum Gasteiger partial charge on any atom is 0.192 e. The van der Waals surface area contributed by atoms with Crippen LogP contribution in [0.4, 0.5) is 0 Å². The van der Waals surface area contributed by atoms with Crippen LogP contribution < -0.4 is 0 Å². The van der Waals surface area contributed by atoms with Gasteiger partial charge < -0.3 is 8.98 Å². The average Bonchev–Trinajstić information content (AvgIpc) is 3.48. The van der Waals surface area contributed by atoms with E-state index in [-0.39, 0.29) is 11.5 Å². The Morgan fingerprint density at radius 1 is 1.32 bits per heavy atom. The Labute approximate surface area is 184 Å². The molecule has 0 unspecified atom stereocenters. The Balaban J connectivity index is 1.59. The van der Waals surface area contributed by atoms with Gasteiger partial charge in [0, 0.05) is 35.8 Å². The number of allylic oxidation sites excluding steroid dienone is 1. The molecule has 4 aromatic rings. The van der Waals surface area contributed by atoms with E-state index in [4.69, 9.17) is 9.68 Å². The summed E-state index contributed by atoms with van der Waals surface area (Å²) in [4.78, 5) is 13.1. The summed E-state index contributed by atoms with van der Waals surface area (Å²) < 4.78 is 9.30. The summed E-state index contributed by atoms with van der Waals surface area (Å²) in [5, 5.41) is 19.1. The van der Waals surface area contributed by atoms with Gasteiger partial charge in [0.2, 0.25) is 0 Å². The number of aryl methyl sites for hydroxylation is 2. The van der Waals surface area contributed by atoms with Crippen LogP contribution in [0.3, 0.4) is 0 Å². The first-order chi connectivity index (χ1) is 15.1. The molecular weight excluding hydrogens is 410 g/mol. The van der Waals surface area contributed by atoms with E-state index in [2.05, 4.69) is 22.8 Å². The highest BCUT2D eigenvalue weighted by atomic mass is 32.2. The van der Waals surface area contributed by atoms with Crippen LogP contribution in [0, 0.1) is 18.3 Å².